The van der Waals surface area contributed by atoms with Crippen molar-refractivity contribution in [1.29, 1.82) is 0 Å². The molecule has 1 aromatic carbocycles. The van der Waals surface area contributed by atoms with E-state index in [1.807, 2.05) is 6.07 Å². The summed E-state index contributed by atoms with van der Waals surface area (Å²) in [5.41, 5.74) is 0.385. The number of benzene rings is 1. The maximum absolute atomic E-state index is 11.3. The van der Waals surface area contributed by atoms with E-state index in [2.05, 4.69) is 0 Å². The number of hydrogen-bond acceptors (Lipinski definition) is 3. The summed E-state index contributed by atoms with van der Waals surface area (Å²) >= 11 is 0. The van der Waals surface area contributed by atoms with Crippen molar-refractivity contribution in [2.24, 2.45) is 0 Å². The van der Waals surface area contributed by atoms with Gasteiger partial charge in [0, 0.05) is 6.92 Å². The molecule has 0 amide bonds. The Kier molecular flexibility index (Phi) is 3.36. The molecule has 0 bridgehead atoms. The van der Waals surface area contributed by atoms with Crippen molar-refractivity contribution >= 4 is 5.97 Å². The molecular weight excluding hydrogens is 216 g/mol. The lowest BCUT2D eigenvalue weighted by molar-refractivity contribution is -0.162. The van der Waals surface area contributed by atoms with Crippen LogP contribution in [0.1, 0.15) is 44.6 Å². The Balaban J connectivity index is 2.35. The number of carbonyl (C=O) groups excluding carboxylic acids is 1. The van der Waals surface area contributed by atoms with Crippen LogP contribution in [0.5, 0.6) is 5.75 Å². The zero-order chi connectivity index (χ0) is 12.3. The minimum Gasteiger partial charge on any atom is -0.508 e. The van der Waals surface area contributed by atoms with Gasteiger partial charge in [0.1, 0.15) is 11.4 Å². The molecule has 2 rings (SSSR count). The van der Waals surface area contributed by atoms with Crippen molar-refractivity contribution in [1.82, 2.24) is 0 Å². The molecule has 1 N–H and O–H groups in total. The highest BCUT2D eigenvalue weighted by Gasteiger charge is 2.37. The van der Waals surface area contributed by atoms with E-state index in [0.717, 1.165) is 31.2 Å². The zero-order valence-electron chi connectivity index (χ0n) is 10.1. The van der Waals surface area contributed by atoms with Gasteiger partial charge in [0.25, 0.3) is 0 Å². The fraction of sp³-hybridized carbons (Fsp3) is 0.500. The van der Waals surface area contributed by atoms with Crippen molar-refractivity contribution in [2.75, 3.05) is 0 Å². The summed E-state index contributed by atoms with van der Waals surface area (Å²) in [5.74, 6) is -0.0326. The number of aromatic hydroxyl groups is 1. The van der Waals surface area contributed by atoms with Crippen molar-refractivity contribution in [3.05, 3.63) is 29.8 Å². The van der Waals surface area contributed by atoms with Crippen molar-refractivity contribution in [3.63, 3.8) is 0 Å². The minimum atomic E-state index is -0.525. The molecule has 0 radical (unpaired) electrons. The molecule has 0 unspecified atom stereocenters. The largest absolute Gasteiger partial charge is 0.508 e. The van der Waals surface area contributed by atoms with Gasteiger partial charge >= 0.3 is 5.97 Å². The van der Waals surface area contributed by atoms with E-state index in [9.17, 15) is 9.90 Å². The maximum atomic E-state index is 11.3. The summed E-state index contributed by atoms with van der Waals surface area (Å²) in [6, 6.07) is 7.06. The Morgan fingerprint density at radius 1 is 1.29 bits per heavy atom. The van der Waals surface area contributed by atoms with E-state index in [1.165, 1.54) is 13.3 Å². The number of phenols is 1. The first kappa shape index (κ1) is 12.0. The molecule has 1 saturated carbocycles. The van der Waals surface area contributed by atoms with E-state index >= 15 is 0 Å². The SMILES string of the molecule is CC(=O)OC1(c2cccc(O)c2)CCCCC1. The molecule has 0 atom stereocenters. The second-order valence-corrected chi connectivity index (χ2v) is 4.70. The van der Waals surface area contributed by atoms with Gasteiger partial charge in [-0.15, -0.1) is 0 Å². The normalized spacial score (nSPS) is 18.6. The highest BCUT2D eigenvalue weighted by atomic mass is 16.6. The van der Waals surface area contributed by atoms with Crippen LogP contribution in [0, 0.1) is 0 Å². The molecule has 3 nitrogen and oxygen atoms in total. The van der Waals surface area contributed by atoms with Gasteiger partial charge in [-0.1, -0.05) is 18.6 Å². The number of rotatable bonds is 2. The second-order valence-electron chi connectivity index (χ2n) is 4.70. The first-order chi connectivity index (χ1) is 8.12. The molecular formula is C14H18O3. The highest BCUT2D eigenvalue weighted by molar-refractivity contribution is 5.67. The topological polar surface area (TPSA) is 46.5 Å². The standard InChI is InChI=1S/C14H18O3/c1-11(15)17-14(8-3-2-4-9-14)12-6-5-7-13(16)10-12/h5-7,10,16H,2-4,8-9H2,1H3. The Labute approximate surface area is 101 Å². The number of phenolic OH excluding ortho intramolecular Hbond substituents is 1. The summed E-state index contributed by atoms with van der Waals surface area (Å²) in [7, 11) is 0. The van der Waals surface area contributed by atoms with Crippen molar-refractivity contribution in [2.45, 2.75) is 44.6 Å². The summed E-state index contributed by atoms with van der Waals surface area (Å²) < 4.78 is 5.57. The molecule has 1 aliphatic carbocycles. The molecule has 1 aliphatic rings. The van der Waals surface area contributed by atoms with Gasteiger partial charge in [0.2, 0.25) is 0 Å². The summed E-state index contributed by atoms with van der Waals surface area (Å²) in [4.78, 5) is 11.3. The third-order valence-corrected chi connectivity index (χ3v) is 3.37. The fourth-order valence-corrected chi connectivity index (χ4v) is 2.64. The third-order valence-electron chi connectivity index (χ3n) is 3.37. The molecule has 0 heterocycles. The Morgan fingerprint density at radius 3 is 2.59 bits per heavy atom. The average Bonchev–Trinajstić information content (AvgIpc) is 2.29. The Hall–Kier alpha value is -1.51. The number of carbonyl (C=O) groups is 1. The molecule has 3 heteroatoms. The lowest BCUT2D eigenvalue weighted by Crippen LogP contribution is -2.34. The maximum Gasteiger partial charge on any atom is 0.303 e. The summed E-state index contributed by atoms with van der Waals surface area (Å²) in [6.45, 7) is 1.44. The quantitative estimate of drug-likeness (QED) is 0.800. The third kappa shape index (κ3) is 2.60. The van der Waals surface area contributed by atoms with E-state index in [0.29, 0.717) is 0 Å². The lowest BCUT2D eigenvalue weighted by atomic mass is 9.79. The van der Waals surface area contributed by atoms with E-state index in [-0.39, 0.29) is 11.7 Å². The Morgan fingerprint density at radius 2 is 2.00 bits per heavy atom. The van der Waals surface area contributed by atoms with Crippen LogP contribution in [0.3, 0.4) is 0 Å². The molecule has 1 aromatic rings. The molecule has 0 saturated heterocycles. The molecule has 1 fully saturated rings. The van der Waals surface area contributed by atoms with Gasteiger partial charge in [-0.3, -0.25) is 4.79 Å². The number of ether oxygens (including phenoxy) is 1. The highest BCUT2D eigenvalue weighted by Crippen LogP contribution is 2.41. The van der Waals surface area contributed by atoms with E-state index in [4.69, 9.17) is 4.74 Å². The average molecular weight is 234 g/mol. The molecule has 17 heavy (non-hydrogen) atoms. The first-order valence-corrected chi connectivity index (χ1v) is 6.11. The summed E-state index contributed by atoms with van der Waals surface area (Å²) in [5, 5.41) is 9.55. The van der Waals surface area contributed by atoms with Crippen LogP contribution in [0.2, 0.25) is 0 Å². The van der Waals surface area contributed by atoms with Gasteiger partial charge in [-0.25, -0.2) is 0 Å². The second kappa shape index (κ2) is 4.78. The smallest absolute Gasteiger partial charge is 0.303 e. The van der Waals surface area contributed by atoms with Gasteiger partial charge < -0.3 is 9.84 Å². The summed E-state index contributed by atoms with van der Waals surface area (Å²) in [6.07, 6.45) is 4.99. The van der Waals surface area contributed by atoms with Gasteiger partial charge in [-0.2, -0.15) is 0 Å². The van der Waals surface area contributed by atoms with Crippen LogP contribution in [0.15, 0.2) is 24.3 Å². The minimum absolute atomic E-state index is 0.222. The van der Waals surface area contributed by atoms with E-state index in [1.54, 1.807) is 18.2 Å². The van der Waals surface area contributed by atoms with Crippen LogP contribution in [-0.2, 0) is 15.1 Å². The molecule has 0 aromatic heterocycles. The predicted octanol–water partition coefficient (Wildman–Crippen LogP) is 3.11. The van der Waals surface area contributed by atoms with Crippen LogP contribution in [0.25, 0.3) is 0 Å². The predicted molar refractivity (Wildman–Crippen MR) is 64.6 cm³/mol. The zero-order valence-corrected chi connectivity index (χ0v) is 10.1. The Bertz CT molecular complexity index is 406. The van der Waals surface area contributed by atoms with E-state index < -0.39 is 5.60 Å². The van der Waals surface area contributed by atoms with Crippen LogP contribution < -0.4 is 0 Å². The van der Waals surface area contributed by atoms with Gasteiger partial charge in [0.15, 0.2) is 0 Å². The van der Waals surface area contributed by atoms with Crippen LogP contribution >= 0.6 is 0 Å². The number of hydrogen-bond donors (Lipinski definition) is 1. The van der Waals surface area contributed by atoms with Crippen LogP contribution in [0.4, 0.5) is 0 Å². The van der Waals surface area contributed by atoms with Gasteiger partial charge in [0.05, 0.1) is 0 Å². The van der Waals surface area contributed by atoms with Crippen molar-refractivity contribution in [3.8, 4) is 5.75 Å². The fourth-order valence-electron chi connectivity index (χ4n) is 2.64. The molecule has 0 spiro atoms. The monoisotopic (exact) mass is 234 g/mol. The molecule has 92 valence electrons. The number of esters is 1. The molecule has 0 aliphatic heterocycles. The van der Waals surface area contributed by atoms with Crippen molar-refractivity contribution < 1.29 is 14.6 Å². The van der Waals surface area contributed by atoms with Gasteiger partial charge in [-0.05, 0) is 43.4 Å². The lowest BCUT2D eigenvalue weighted by Gasteiger charge is -2.37. The van der Waals surface area contributed by atoms with Crippen LogP contribution in [-0.4, -0.2) is 11.1 Å². The first-order valence-electron chi connectivity index (χ1n) is 6.11.